The number of amides is 1. The summed E-state index contributed by atoms with van der Waals surface area (Å²) in [6.45, 7) is 8.32. The van der Waals surface area contributed by atoms with Crippen LogP contribution in [-0.4, -0.2) is 47.9 Å². The maximum Gasteiger partial charge on any atom is 0.249 e. The second kappa shape index (κ2) is 8.45. The molecule has 3 rings (SSSR count). The summed E-state index contributed by atoms with van der Waals surface area (Å²) in [5.74, 6) is 0.572. The number of thiophene rings is 1. The van der Waals surface area contributed by atoms with Crippen LogP contribution >= 0.6 is 11.3 Å². The van der Waals surface area contributed by atoms with E-state index in [0.717, 1.165) is 18.5 Å². The monoisotopic (exact) mass is 349 g/mol. The fourth-order valence-corrected chi connectivity index (χ4v) is 5.00. The van der Waals surface area contributed by atoms with E-state index in [9.17, 15) is 4.79 Å². The van der Waals surface area contributed by atoms with E-state index >= 15 is 0 Å². The quantitative estimate of drug-likeness (QED) is 0.857. The van der Waals surface area contributed by atoms with Crippen molar-refractivity contribution in [3.8, 4) is 0 Å². The molecule has 0 aliphatic carbocycles. The van der Waals surface area contributed by atoms with Gasteiger partial charge in [-0.25, -0.2) is 0 Å². The van der Waals surface area contributed by atoms with Gasteiger partial charge in [-0.15, -0.1) is 11.3 Å². The molecule has 2 saturated heterocycles. The zero-order chi connectivity index (χ0) is 16.9. The highest BCUT2D eigenvalue weighted by Crippen LogP contribution is 2.25. The standard InChI is InChI=1S/C19H31N3OS/c1-15-4-2-3-8-22(15)11-7-16-5-9-21(10-6-16)13-18-12-17(14-24-18)19(20)23/h12,14-16H,2-11,13H2,1H3,(H2,20,23). The van der Waals surface area contributed by atoms with Crippen LogP contribution in [0.25, 0.3) is 0 Å². The SMILES string of the molecule is CC1CCCCN1CCC1CCN(Cc2cc(C(N)=O)cs2)CC1. The number of carbonyl (C=O) groups excluding carboxylic acids is 1. The van der Waals surface area contributed by atoms with Gasteiger partial charge in [-0.2, -0.15) is 0 Å². The van der Waals surface area contributed by atoms with E-state index in [1.807, 2.05) is 11.4 Å². The number of likely N-dealkylation sites (tertiary alicyclic amines) is 2. The summed E-state index contributed by atoms with van der Waals surface area (Å²) in [5, 5.41) is 1.88. The van der Waals surface area contributed by atoms with Crippen LogP contribution in [0, 0.1) is 5.92 Å². The van der Waals surface area contributed by atoms with Crippen LogP contribution in [0.1, 0.15) is 60.7 Å². The van der Waals surface area contributed by atoms with Crippen LogP contribution in [-0.2, 0) is 6.54 Å². The Labute approximate surface area is 150 Å². The van der Waals surface area contributed by atoms with Crippen LogP contribution in [0.3, 0.4) is 0 Å². The largest absolute Gasteiger partial charge is 0.366 e. The summed E-state index contributed by atoms with van der Waals surface area (Å²) in [5.41, 5.74) is 5.99. The summed E-state index contributed by atoms with van der Waals surface area (Å²) in [6.07, 6.45) is 8.18. The fourth-order valence-electron chi connectivity index (χ4n) is 4.08. The molecule has 1 amide bonds. The predicted octanol–water partition coefficient (Wildman–Crippen LogP) is 3.32. The molecule has 0 spiro atoms. The topological polar surface area (TPSA) is 49.6 Å². The van der Waals surface area contributed by atoms with Gasteiger partial charge in [0, 0.05) is 22.8 Å². The van der Waals surface area contributed by atoms with Crippen LogP contribution < -0.4 is 5.73 Å². The van der Waals surface area contributed by atoms with Crippen LogP contribution in [0.2, 0.25) is 0 Å². The smallest absolute Gasteiger partial charge is 0.249 e. The zero-order valence-corrected chi connectivity index (χ0v) is 15.7. The average molecular weight is 350 g/mol. The van der Waals surface area contributed by atoms with E-state index in [1.54, 1.807) is 11.3 Å². The zero-order valence-electron chi connectivity index (χ0n) is 14.9. The van der Waals surface area contributed by atoms with Gasteiger partial charge in [-0.3, -0.25) is 9.69 Å². The third-order valence-corrected chi connectivity index (χ3v) is 6.71. The summed E-state index contributed by atoms with van der Waals surface area (Å²) in [4.78, 5) is 17.7. The Morgan fingerprint density at radius 3 is 2.71 bits per heavy atom. The summed E-state index contributed by atoms with van der Waals surface area (Å²) in [6, 6.07) is 2.74. The first-order valence-corrected chi connectivity index (χ1v) is 10.3. The van der Waals surface area contributed by atoms with Crippen LogP contribution in [0.15, 0.2) is 11.4 Å². The molecule has 24 heavy (non-hydrogen) atoms. The molecule has 3 heterocycles. The molecular formula is C19H31N3OS. The number of carbonyl (C=O) groups is 1. The molecule has 0 saturated carbocycles. The summed E-state index contributed by atoms with van der Waals surface area (Å²) in [7, 11) is 0. The van der Waals surface area contributed by atoms with Gasteiger partial charge < -0.3 is 10.6 Å². The molecule has 2 fully saturated rings. The van der Waals surface area contributed by atoms with Crippen molar-refractivity contribution < 1.29 is 4.79 Å². The van der Waals surface area contributed by atoms with Crippen molar-refractivity contribution in [3.63, 3.8) is 0 Å². The van der Waals surface area contributed by atoms with E-state index < -0.39 is 0 Å². The second-order valence-corrected chi connectivity index (χ2v) is 8.55. The minimum absolute atomic E-state index is 0.317. The molecule has 0 radical (unpaired) electrons. The predicted molar refractivity (Wildman–Crippen MR) is 100 cm³/mol. The van der Waals surface area contributed by atoms with E-state index in [-0.39, 0.29) is 5.91 Å². The highest BCUT2D eigenvalue weighted by molar-refractivity contribution is 7.10. The van der Waals surface area contributed by atoms with Gasteiger partial charge in [0.1, 0.15) is 0 Å². The van der Waals surface area contributed by atoms with Gasteiger partial charge in [-0.1, -0.05) is 6.42 Å². The number of hydrogen-bond acceptors (Lipinski definition) is 4. The van der Waals surface area contributed by atoms with Gasteiger partial charge >= 0.3 is 0 Å². The number of hydrogen-bond donors (Lipinski definition) is 1. The van der Waals surface area contributed by atoms with E-state index in [4.69, 9.17) is 5.73 Å². The normalized spacial score (nSPS) is 24.3. The lowest BCUT2D eigenvalue weighted by atomic mass is 9.92. The molecule has 0 bridgehead atoms. The third kappa shape index (κ3) is 4.80. The number of primary amides is 1. The van der Waals surface area contributed by atoms with Crippen molar-refractivity contribution >= 4 is 17.2 Å². The first kappa shape index (κ1) is 17.9. The van der Waals surface area contributed by atoms with Crippen molar-refractivity contribution in [2.75, 3.05) is 26.2 Å². The Morgan fingerprint density at radius 2 is 2.04 bits per heavy atom. The van der Waals surface area contributed by atoms with Gasteiger partial charge in [-0.05, 0) is 77.2 Å². The van der Waals surface area contributed by atoms with Crippen LogP contribution in [0.4, 0.5) is 0 Å². The molecule has 2 aliphatic rings. The Morgan fingerprint density at radius 1 is 1.25 bits per heavy atom. The first-order chi connectivity index (χ1) is 11.6. The van der Waals surface area contributed by atoms with Gasteiger partial charge in [0.05, 0.1) is 5.56 Å². The highest BCUT2D eigenvalue weighted by Gasteiger charge is 2.23. The van der Waals surface area contributed by atoms with E-state index in [2.05, 4.69) is 16.7 Å². The van der Waals surface area contributed by atoms with Crippen LogP contribution in [0.5, 0.6) is 0 Å². The van der Waals surface area contributed by atoms with Gasteiger partial charge in [0.25, 0.3) is 0 Å². The highest BCUT2D eigenvalue weighted by atomic mass is 32.1. The Bertz CT molecular complexity index is 536. The molecule has 1 unspecified atom stereocenters. The Kier molecular flexibility index (Phi) is 6.31. The summed E-state index contributed by atoms with van der Waals surface area (Å²) < 4.78 is 0. The van der Waals surface area contributed by atoms with Gasteiger partial charge in [0.15, 0.2) is 0 Å². The average Bonchev–Trinajstić information content (AvgIpc) is 3.04. The first-order valence-electron chi connectivity index (χ1n) is 9.45. The van der Waals surface area contributed by atoms with E-state index in [1.165, 1.54) is 69.6 Å². The molecule has 134 valence electrons. The lowest BCUT2D eigenvalue weighted by Gasteiger charge is -2.36. The molecule has 2 N–H and O–H groups in total. The minimum Gasteiger partial charge on any atom is -0.366 e. The van der Waals surface area contributed by atoms with Crippen molar-refractivity contribution in [1.82, 2.24) is 9.80 Å². The van der Waals surface area contributed by atoms with Crippen molar-refractivity contribution in [1.29, 1.82) is 0 Å². The Balaban J connectivity index is 1.38. The molecule has 4 nitrogen and oxygen atoms in total. The Hall–Kier alpha value is -0.910. The summed E-state index contributed by atoms with van der Waals surface area (Å²) >= 11 is 1.65. The van der Waals surface area contributed by atoms with Crippen molar-refractivity contribution in [2.45, 2.75) is 58.0 Å². The molecule has 1 aromatic rings. The van der Waals surface area contributed by atoms with Gasteiger partial charge in [0.2, 0.25) is 5.91 Å². The number of piperidine rings is 2. The van der Waals surface area contributed by atoms with E-state index in [0.29, 0.717) is 5.56 Å². The third-order valence-electron chi connectivity index (χ3n) is 5.79. The number of nitrogens with two attached hydrogens (primary N) is 1. The molecule has 0 aromatic carbocycles. The lowest BCUT2D eigenvalue weighted by molar-refractivity contribution is 0.100. The number of rotatable bonds is 6. The second-order valence-electron chi connectivity index (χ2n) is 7.55. The number of nitrogens with zero attached hydrogens (tertiary/aromatic N) is 2. The molecule has 5 heteroatoms. The molecule has 1 aromatic heterocycles. The lowest BCUT2D eigenvalue weighted by Crippen LogP contribution is -2.40. The maximum atomic E-state index is 11.2. The fraction of sp³-hybridized carbons (Fsp3) is 0.737. The van der Waals surface area contributed by atoms with Crippen molar-refractivity contribution in [2.24, 2.45) is 11.7 Å². The minimum atomic E-state index is -0.317. The molecular weight excluding hydrogens is 318 g/mol. The molecule has 1 atom stereocenters. The maximum absolute atomic E-state index is 11.2. The molecule has 2 aliphatic heterocycles. The van der Waals surface area contributed by atoms with Crippen molar-refractivity contribution in [3.05, 3.63) is 21.9 Å².